The van der Waals surface area contributed by atoms with Gasteiger partial charge in [-0.2, -0.15) is 5.10 Å². The maximum absolute atomic E-state index is 11.4. The van der Waals surface area contributed by atoms with Gasteiger partial charge in [0.15, 0.2) is 0 Å². The molecular weight excluding hydrogens is 339 g/mol. The van der Waals surface area contributed by atoms with E-state index in [0.29, 0.717) is 12.5 Å². The van der Waals surface area contributed by atoms with Crippen LogP contribution in [0.3, 0.4) is 0 Å². The van der Waals surface area contributed by atoms with Crippen molar-refractivity contribution < 1.29 is 30.7 Å². The van der Waals surface area contributed by atoms with Crippen molar-refractivity contribution in [2.24, 2.45) is 0 Å². The SMILES string of the molecule is C=CCC(=O)[N-]C1CCC(n2cncn2)CC1.O.[Pd]. The van der Waals surface area contributed by atoms with Gasteiger partial charge in [0, 0.05) is 26.8 Å². The molecule has 1 aromatic rings. The predicted octanol–water partition coefficient (Wildman–Crippen LogP) is 1.41. The van der Waals surface area contributed by atoms with E-state index in [4.69, 9.17) is 0 Å². The van der Waals surface area contributed by atoms with Crippen molar-refractivity contribution in [3.8, 4) is 0 Å². The van der Waals surface area contributed by atoms with Crippen LogP contribution in [0.1, 0.15) is 38.1 Å². The standard InChI is InChI=1S/C12H18N4O.H2O.Pd/c1-2-3-12(17)15-10-4-6-11(7-5-10)16-9-13-8-14-16;;/h2,8-11H,1,3-7H2,(H,15,17);1H2;/p-1. The minimum atomic E-state index is -0.0517. The van der Waals surface area contributed by atoms with Gasteiger partial charge in [-0.1, -0.05) is 18.9 Å². The van der Waals surface area contributed by atoms with Gasteiger partial charge in [0.1, 0.15) is 12.7 Å². The molecule has 2 rings (SSSR count). The van der Waals surface area contributed by atoms with Gasteiger partial charge in [-0.05, 0) is 12.8 Å². The van der Waals surface area contributed by atoms with E-state index in [-0.39, 0.29) is 37.8 Å². The van der Waals surface area contributed by atoms with E-state index in [0.717, 1.165) is 25.7 Å². The first-order valence-corrected chi connectivity index (χ1v) is 5.98. The third-order valence-electron chi connectivity index (χ3n) is 3.12. The monoisotopic (exact) mass is 357 g/mol. The number of amides is 1. The molecule has 0 unspecified atom stereocenters. The van der Waals surface area contributed by atoms with Gasteiger partial charge in [0.05, 0.1) is 11.9 Å². The number of nitrogens with zero attached hydrogens (tertiary/aromatic N) is 4. The predicted molar refractivity (Wildman–Crippen MR) is 68.1 cm³/mol. The van der Waals surface area contributed by atoms with Gasteiger partial charge >= 0.3 is 0 Å². The van der Waals surface area contributed by atoms with Crippen LogP contribution < -0.4 is 0 Å². The fraction of sp³-hybridized carbons (Fsp3) is 0.583. The third-order valence-corrected chi connectivity index (χ3v) is 3.12. The Labute approximate surface area is 126 Å². The first kappa shape index (κ1) is 18.0. The molecule has 0 aliphatic heterocycles. The zero-order valence-electron chi connectivity index (χ0n) is 10.6. The number of aromatic nitrogens is 3. The molecule has 0 spiro atoms. The topological polar surface area (TPSA) is 93.4 Å². The Morgan fingerprint density at radius 1 is 1.42 bits per heavy atom. The van der Waals surface area contributed by atoms with Crippen LogP contribution in [0.25, 0.3) is 5.32 Å². The van der Waals surface area contributed by atoms with Crippen LogP contribution in [0.2, 0.25) is 0 Å². The molecule has 0 bridgehead atoms. The second-order valence-corrected chi connectivity index (χ2v) is 4.35. The second-order valence-electron chi connectivity index (χ2n) is 4.35. The van der Waals surface area contributed by atoms with Crippen LogP contribution in [0.5, 0.6) is 0 Å². The van der Waals surface area contributed by atoms with E-state index < -0.39 is 0 Å². The van der Waals surface area contributed by atoms with E-state index in [9.17, 15) is 4.79 Å². The van der Waals surface area contributed by atoms with Gasteiger partial charge in [0.25, 0.3) is 0 Å². The summed E-state index contributed by atoms with van der Waals surface area (Å²) in [6.45, 7) is 3.54. The Hall–Kier alpha value is -1.03. The van der Waals surface area contributed by atoms with Gasteiger partial charge in [0.2, 0.25) is 0 Å². The van der Waals surface area contributed by atoms with Crippen molar-refractivity contribution in [1.82, 2.24) is 14.8 Å². The molecule has 110 valence electrons. The summed E-state index contributed by atoms with van der Waals surface area (Å²) < 4.78 is 1.90. The van der Waals surface area contributed by atoms with Crippen LogP contribution in [-0.2, 0) is 25.2 Å². The molecule has 0 saturated heterocycles. The minimum Gasteiger partial charge on any atom is -0.650 e. The van der Waals surface area contributed by atoms with Crippen LogP contribution in [0.15, 0.2) is 25.3 Å². The number of hydrogen-bond acceptors (Lipinski definition) is 3. The summed E-state index contributed by atoms with van der Waals surface area (Å²) in [4.78, 5) is 15.3. The fourth-order valence-corrected chi connectivity index (χ4v) is 2.24. The Morgan fingerprint density at radius 2 is 2.11 bits per heavy atom. The molecule has 0 radical (unpaired) electrons. The molecule has 1 amide bonds. The van der Waals surface area contributed by atoms with Gasteiger partial charge in [-0.3, -0.25) is 0 Å². The molecule has 1 saturated carbocycles. The van der Waals surface area contributed by atoms with Crippen molar-refractivity contribution >= 4 is 5.91 Å². The maximum Gasteiger partial charge on any atom is 0.137 e. The van der Waals surface area contributed by atoms with Crippen LogP contribution >= 0.6 is 0 Å². The Balaban J connectivity index is 0.00000162. The van der Waals surface area contributed by atoms with Crippen molar-refractivity contribution in [3.63, 3.8) is 0 Å². The van der Waals surface area contributed by atoms with Crippen molar-refractivity contribution in [2.45, 2.75) is 44.2 Å². The largest absolute Gasteiger partial charge is 0.650 e. The second kappa shape index (κ2) is 8.97. The molecule has 1 heterocycles. The number of hydrogen-bond donors (Lipinski definition) is 0. The molecule has 2 N–H and O–H groups in total. The zero-order valence-corrected chi connectivity index (χ0v) is 12.2. The minimum absolute atomic E-state index is 0. The van der Waals surface area contributed by atoms with E-state index in [1.165, 1.54) is 0 Å². The van der Waals surface area contributed by atoms with Gasteiger partial charge in [-0.15, -0.1) is 12.6 Å². The van der Waals surface area contributed by atoms with E-state index >= 15 is 0 Å². The van der Waals surface area contributed by atoms with E-state index in [2.05, 4.69) is 22.0 Å². The van der Waals surface area contributed by atoms with Crippen LogP contribution in [0.4, 0.5) is 0 Å². The molecule has 0 aromatic carbocycles. The zero-order chi connectivity index (χ0) is 12.1. The quantitative estimate of drug-likeness (QED) is 0.602. The summed E-state index contributed by atoms with van der Waals surface area (Å²) in [6.07, 6.45) is 9.20. The van der Waals surface area contributed by atoms with Crippen LogP contribution in [0, 0.1) is 0 Å². The normalized spacial score (nSPS) is 21.7. The Kier molecular flexibility index (Phi) is 8.48. The summed E-state index contributed by atoms with van der Waals surface area (Å²) in [5.41, 5.74) is 0. The van der Waals surface area contributed by atoms with E-state index in [1.807, 2.05) is 4.68 Å². The molecule has 6 nitrogen and oxygen atoms in total. The number of rotatable bonds is 4. The molecule has 1 aliphatic rings. The maximum atomic E-state index is 11.4. The average molecular weight is 358 g/mol. The number of carbonyl (C=O) groups is 1. The summed E-state index contributed by atoms with van der Waals surface area (Å²) >= 11 is 0. The summed E-state index contributed by atoms with van der Waals surface area (Å²) in [6, 6.07) is 0.598. The summed E-state index contributed by atoms with van der Waals surface area (Å²) in [7, 11) is 0. The molecule has 19 heavy (non-hydrogen) atoms. The molecular formula is C12H19N4O2Pd-. The van der Waals surface area contributed by atoms with Crippen molar-refractivity contribution in [1.29, 1.82) is 0 Å². The average Bonchev–Trinajstić information content (AvgIpc) is 2.84. The van der Waals surface area contributed by atoms with Crippen LogP contribution in [-0.4, -0.2) is 32.2 Å². The molecule has 1 fully saturated rings. The van der Waals surface area contributed by atoms with Crippen molar-refractivity contribution in [3.05, 3.63) is 30.6 Å². The summed E-state index contributed by atoms with van der Waals surface area (Å²) in [5.74, 6) is -0.0517. The third kappa shape index (κ3) is 5.23. The number of carbonyl (C=O) groups excluding carboxylic acids is 1. The van der Waals surface area contributed by atoms with E-state index in [1.54, 1.807) is 18.7 Å². The molecule has 1 aliphatic carbocycles. The van der Waals surface area contributed by atoms with Gasteiger partial charge in [-0.25, -0.2) is 9.67 Å². The molecule has 0 atom stereocenters. The molecule has 7 heteroatoms. The van der Waals surface area contributed by atoms with Gasteiger partial charge < -0.3 is 15.6 Å². The molecule has 1 aromatic heterocycles. The first-order chi connectivity index (χ1) is 8.29. The first-order valence-electron chi connectivity index (χ1n) is 5.98. The smallest absolute Gasteiger partial charge is 0.137 e. The fourth-order valence-electron chi connectivity index (χ4n) is 2.24. The Morgan fingerprint density at radius 3 is 2.63 bits per heavy atom. The summed E-state index contributed by atoms with van der Waals surface area (Å²) in [5, 5.41) is 8.34. The Bertz CT molecular complexity index is 375. The van der Waals surface area contributed by atoms with Crippen molar-refractivity contribution in [2.75, 3.05) is 0 Å².